The molecule has 0 aliphatic carbocycles. The van der Waals surface area contributed by atoms with Gasteiger partial charge in [0.25, 0.3) is 0 Å². The van der Waals surface area contributed by atoms with Gasteiger partial charge in [0.05, 0.1) is 4.90 Å². The fourth-order valence-electron chi connectivity index (χ4n) is 2.51. The van der Waals surface area contributed by atoms with Crippen molar-refractivity contribution >= 4 is 15.9 Å². The highest BCUT2D eigenvalue weighted by molar-refractivity contribution is 7.89. The fourth-order valence-corrected chi connectivity index (χ4v) is 4.00. The normalized spacial score (nSPS) is 18.7. The molecular formula is C15H23N3O3S. The average molecular weight is 325 g/mol. The Kier molecular flexibility index (Phi) is 5.55. The molecule has 7 heteroatoms. The van der Waals surface area contributed by atoms with E-state index in [1.165, 1.54) is 4.31 Å². The van der Waals surface area contributed by atoms with Crippen LogP contribution in [-0.4, -0.2) is 56.3 Å². The summed E-state index contributed by atoms with van der Waals surface area (Å²) in [5.41, 5.74) is 5.54. The lowest BCUT2D eigenvalue weighted by molar-refractivity contribution is -0.134. The third-order valence-corrected chi connectivity index (χ3v) is 5.84. The largest absolute Gasteiger partial charge is 0.341 e. The van der Waals surface area contributed by atoms with E-state index in [0.29, 0.717) is 44.0 Å². The number of hydrogen-bond acceptors (Lipinski definition) is 4. The molecule has 2 N–H and O–H groups in total. The van der Waals surface area contributed by atoms with Gasteiger partial charge in [-0.15, -0.1) is 0 Å². The number of carbonyl (C=O) groups is 1. The number of nitrogens with two attached hydrogens (primary N) is 1. The molecule has 6 nitrogen and oxygen atoms in total. The van der Waals surface area contributed by atoms with Crippen LogP contribution < -0.4 is 5.73 Å². The maximum absolute atomic E-state index is 12.6. The number of benzene rings is 1. The predicted molar refractivity (Wildman–Crippen MR) is 84.6 cm³/mol. The first kappa shape index (κ1) is 16.9. The summed E-state index contributed by atoms with van der Waals surface area (Å²) in [5, 5.41) is 0. The van der Waals surface area contributed by atoms with Crippen LogP contribution in [0.2, 0.25) is 0 Å². The van der Waals surface area contributed by atoms with E-state index in [4.69, 9.17) is 5.73 Å². The second-order valence-electron chi connectivity index (χ2n) is 5.53. The highest BCUT2D eigenvalue weighted by Crippen LogP contribution is 2.18. The van der Waals surface area contributed by atoms with Crippen LogP contribution in [0.3, 0.4) is 0 Å². The van der Waals surface area contributed by atoms with Crippen LogP contribution in [0.4, 0.5) is 0 Å². The van der Waals surface area contributed by atoms with Gasteiger partial charge in [0.2, 0.25) is 15.9 Å². The molecule has 1 unspecified atom stereocenters. The maximum atomic E-state index is 12.6. The standard InChI is InChI=1S/C15H23N3O3S/c1-13(12-16)15(19)17-8-5-9-18(11-10-17)22(20,21)14-6-3-2-4-7-14/h2-4,6-7,13H,5,8-12,16H2,1H3. The topological polar surface area (TPSA) is 83.7 Å². The molecule has 2 rings (SSSR count). The summed E-state index contributed by atoms with van der Waals surface area (Å²) in [6, 6.07) is 8.41. The van der Waals surface area contributed by atoms with Crippen molar-refractivity contribution in [2.75, 3.05) is 32.7 Å². The molecule has 1 aliphatic heterocycles. The van der Waals surface area contributed by atoms with Crippen LogP contribution >= 0.6 is 0 Å². The molecule has 0 bridgehead atoms. The summed E-state index contributed by atoms with van der Waals surface area (Å²) in [7, 11) is -3.49. The molecule has 1 aromatic carbocycles. The lowest BCUT2D eigenvalue weighted by atomic mass is 10.1. The molecule has 1 atom stereocenters. The van der Waals surface area contributed by atoms with E-state index < -0.39 is 10.0 Å². The second-order valence-corrected chi connectivity index (χ2v) is 7.47. The Labute approximate surface area is 131 Å². The number of amides is 1. The van der Waals surface area contributed by atoms with Crippen molar-refractivity contribution in [1.82, 2.24) is 9.21 Å². The molecule has 1 aromatic rings. The Morgan fingerprint density at radius 1 is 1.18 bits per heavy atom. The van der Waals surface area contributed by atoms with Crippen molar-refractivity contribution in [3.8, 4) is 0 Å². The molecule has 1 fully saturated rings. The number of rotatable bonds is 4. The number of nitrogens with zero attached hydrogens (tertiary/aromatic N) is 2. The predicted octanol–water partition coefficient (Wildman–Crippen LogP) is 0.504. The lowest BCUT2D eigenvalue weighted by Gasteiger charge is -2.24. The molecule has 0 aromatic heterocycles. The SMILES string of the molecule is CC(CN)C(=O)N1CCCN(S(=O)(=O)c2ccccc2)CC1. The Bertz CT molecular complexity index is 604. The van der Waals surface area contributed by atoms with Gasteiger partial charge in [-0.1, -0.05) is 25.1 Å². The summed E-state index contributed by atoms with van der Waals surface area (Å²) < 4.78 is 26.7. The molecule has 122 valence electrons. The van der Waals surface area contributed by atoms with Gasteiger partial charge in [0, 0.05) is 38.6 Å². The zero-order chi connectivity index (χ0) is 16.2. The zero-order valence-corrected chi connectivity index (χ0v) is 13.6. The molecule has 1 saturated heterocycles. The molecule has 1 amide bonds. The van der Waals surface area contributed by atoms with Crippen LogP contribution in [0, 0.1) is 5.92 Å². The van der Waals surface area contributed by atoms with Crippen LogP contribution in [0.15, 0.2) is 35.2 Å². The highest BCUT2D eigenvalue weighted by Gasteiger charge is 2.29. The van der Waals surface area contributed by atoms with Gasteiger partial charge in [-0.3, -0.25) is 4.79 Å². The van der Waals surface area contributed by atoms with Gasteiger partial charge in [-0.25, -0.2) is 8.42 Å². The Balaban J connectivity index is 2.09. The first-order valence-electron chi connectivity index (χ1n) is 7.51. The van der Waals surface area contributed by atoms with E-state index in [2.05, 4.69) is 0 Å². The van der Waals surface area contributed by atoms with E-state index in [9.17, 15) is 13.2 Å². The third kappa shape index (κ3) is 3.66. The number of carbonyl (C=O) groups excluding carboxylic acids is 1. The quantitative estimate of drug-likeness (QED) is 0.874. The minimum atomic E-state index is -3.49. The third-order valence-electron chi connectivity index (χ3n) is 3.92. The smallest absolute Gasteiger partial charge is 0.243 e. The molecule has 0 saturated carbocycles. The summed E-state index contributed by atoms with van der Waals surface area (Å²) in [6.45, 7) is 3.84. The minimum Gasteiger partial charge on any atom is -0.341 e. The second kappa shape index (κ2) is 7.21. The van der Waals surface area contributed by atoms with E-state index in [1.54, 1.807) is 42.2 Å². The Morgan fingerprint density at radius 2 is 1.86 bits per heavy atom. The zero-order valence-electron chi connectivity index (χ0n) is 12.8. The summed E-state index contributed by atoms with van der Waals surface area (Å²) in [4.78, 5) is 14.2. The number of sulfonamides is 1. The summed E-state index contributed by atoms with van der Waals surface area (Å²) in [5.74, 6) is -0.223. The van der Waals surface area contributed by atoms with Crippen LogP contribution in [-0.2, 0) is 14.8 Å². The lowest BCUT2D eigenvalue weighted by Crippen LogP contribution is -2.41. The Hall–Kier alpha value is -1.44. The van der Waals surface area contributed by atoms with Crippen LogP contribution in [0.25, 0.3) is 0 Å². The van der Waals surface area contributed by atoms with Gasteiger partial charge in [0.15, 0.2) is 0 Å². The van der Waals surface area contributed by atoms with Gasteiger partial charge in [-0.05, 0) is 18.6 Å². The van der Waals surface area contributed by atoms with Crippen molar-refractivity contribution in [3.05, 3.63) is 30.3 Å². The average Bonchev–Trinajstić information content (AvgIpc) is 2.80. The van der Waals surface area contributed by atoms with Crippen LogP contribution in [0.1, 0.15) is 13.3 Å². The first-order valence-corrected chi connectivity index (χ1v) is 8.95. The van der Waals surface area contributed by atoms with Crippen molar-refractivity contribution < 1.29 is 13.2 Å². The summed E-state index contributed by atoms with van der Waals surface area (Å²) >= 11 is 0. The van der Waals surface area contributed by atoms with E-state index in [1.807, 2.05) is 0 Å². The van der Waals surface area contributed by atoms with Gasteiger partial charge in [-0.2, -0.15) is 4.31 Å². The molecule has 1 heterocycles. The minimum absolute atomic E-state index is 0.00135. The van der Waals surface area contributed by atoms with E-state index >= 15 is 0 Å². The van der Waals surface area contributed by atoms with Crippen molar-refractivity contribution in [1.29, 1.82) is 0 Å². The molecule has 22 heavy (non-hydrogen) atoms. The highest BCUT2D eigenvalue weighted by atomic mass is 32.2. The van der Waals surface area contributed by atoms with Gasteiger partial charge in [0.1, 0.15) is 0 Å². The fraction of sp³-hybridized carbons (Fsp3) is 0.533. The van der Waals surface area contributed by atoms with Gasteiger partial charge >= 0.3 is 0 Å². The van der Waals surface area contributed by atoms with E-state index in [-0.39, 0.29) is 11.8 Å². The van der Waals surface area contributed by atoms with Crippen molar-refractivity contribution in [2.24, 2.45) is 11.7 Å². The maximum Gasteiger partial charge on any atom is 0.243 e. The molecule has 1 aliphatic rings. The molecule has 0 radical (unpaired) electrons. The van der Waals surface area contributed by atoms with Gasteiger partial charge < -0.3 is 10.6 Å². The van der Waals surface area contributed by atoms with E-state index in [0.717, 1.165) is 0 Å². The molecule has 0 spiro atoms. The Morgan fingerprint density at radius 3 is 2.50 bits per heavy atom. The number of hydrogen-bond donors (Lipinski definition) is 1. The van der Waals surface area contributed by atoms with Crippen molar-refractivity contribution in [2.45, 2.75) is 18.2 Å². The first-order chi connectivity index (χ1) is 10.5. The summed E-state index contributed by atoms with van der Waals surface area (Å²) in [6.07, 6.45) is 0.634. The van der Waals surface area contributed by atoms with Crippen molar-refractivity contribution in [3.63, 3.8) is 0 Å². The monoisotopic (exact) mass is 325 g/mol. The van der Waals surface area contributed by atoms with Crippen LogP contribution in [0.5, 0.6) is 0 Å². The molecular weight excluding hydrogens is 302 g/mol.